The summed E-state index contributed by atoms with van der Waals surface area (Å²) in [7, 11) is 1.54. The number of aromatic nitrogens is 2. The molecule has 4 rings (SSSR count). The van der Waals surface area contributed by atoms with E-state index in [-0.39, 0.29) is 0 Å². The van der Waals surface area contributed by atoms with Crippen molar-refractivity contribution in [1.29, 1.82) is 0 Å². The second-order valence-electron chi connectivity index (χ2n) is 6.86. The van der Waals surface area contributed by atoms with Gasteiger partial charge in [0, 0.05) is 21.6 Å². The van der Waals surface area contributed by atoms with Crippen LogP contribution >= 0.6 is 11.3 Å². The molecule has 1 N–H and O–H groups in total. The number of hydrogen-bond donors (Lipinski definition) is 1. The van der Waals surface area contributed by atoms with E-state index in [1.165, 1.54) is 6.33 Å². The summed E-state index contributed by atoms with van der Waals surface area (Å²) < 4.78 is 12.1. The van der Waals surface area contributed by atoms with Crippen molar-refractivity contribution in [3.63, 3.8) is 0 Å². The quantitative estimate of drug-likeness (QED) is 0.179. The molecule has 0 radical (unpaired) electrons. The van der Waals surface area contributed by atoms with Crippen LogP contribution in [0.3, 0.4) is 0 Å². The van der Waals surface area contributed by atoms with Gasteiger partial charge < -0.3 is 9.47 Å². The van der Waals surface area contributed by atoms with Crippen molar-refractivity contribution in [2.24, 2.45) is 5.10 Å². The highest BCUT2D eigenvalue weighted by molar-refractivity contribution is 7.23. The first-order valence-electron chi connectivity index (χ1n) is 10.1. The minimum absolute atomic E-state index is 0.379. The van der Waals surface area contributed by atoms with E-state index >= 15 is 0 Å². The Morgan fingerprint density at radius 1 is 1.16 bits per heavy atom. The van der Waals surface area contributed by atoms with Gasteiger partial charge in [-0.05, 0) is 43.7 Å². The standard InChI is InChI=1S/C24H22N4O3S/c1-4-31-19-8-6-5-7-18(19)21-15(2)20-22(32-21)23(26-14-25-20)27-28-24(30-3)17-11-9-16(13-29)10-12-17/h5-14H,4H2,1-3H3,(H,25,26,27). The van der Waals surface area contributed by atoms with E-state index in [1.807, 2.05) is 38.1 Å². The molecule has 0 unspecified atom stereocenters. The van der Waals surface area contributed by atoms with Crippen LogP contribution in [0.25, 0.3) is 20.7 Å². The molecular formula is C24H22N4O3S. The summed E-state index contributed by atoms with van der Waals surface area (Å²) in [5, 5.41) is 4.39. The zero-order valence-corrected chi connectivity index (χ0v) is 18.8. The molecule has 0 amide bonds. The minimum atomic E-state index is 0.379. The highest BCUT2D eigenvalue weighted by Gasteiger charge is 2.18. The number of hydrogen-bond acceptors (Lipinski definition) is 8. The number of ether oxygens (including phenoxy) is 2. The number of aryl methyl sites for hydroxylation is 1. The highest BCUT2D eigenvalue weighted by Crippen LogP contribution is 2.42. The lowest BCUT2D eigenvalue weighted by Crippen LogP contribution is -2.07. The molecule has 0 saturated heterocycles. The molecular weight excluding hydrogens is 424 g/mol. The first-order chi connectivity index (χ1) is 15.7. The predicted octanol–water partition coefficient (Wildman–Crippen LogP) is 5.30. The van der Waals surface area contributed by atoms with Crippen molar-refractivity contribution < 1.29 is 14.3 Å². The third kappa shape index (κ3) is 4.17. The maximum atomic E-state index is 10.9. The topological polar surface area (TPSA) is 85.7 Å². The van der Waals surface area contributed by atoms with Crippen LogP contribution in [0.2, 0.25) is 0 Å². The number of benzene rings is 2. The van der Waals surface area contributed by atoms with E-state index in [9.17, 15) is 4.79 Å². The highest BCUT2D eigenvalue weighted by atomic mass is 32.1. The molecule has 0 aliphatic carbocycles. The Balaban J connectivity index is 1.72. The molecule has 0 fully saturated rings. The van der Waals surface area contributed by atoms with Crippen LogP contribution in [0.5, 0.6) is 5.75 Å². The molecule has 162 valence electrons. The second-order valence-corrected chi connectivity index (χ2v) is 7.88. The fraction of sp³-hybridized carbons (Fsp3) is 0.167. The van der Waals surface area contributed by atoms with Crippen molar-refractivity contribution >= 4 is 39.6 Å². The first kappa shape index (κ1) is 21.5. The van der Waals surface area contributed by atoms with Gasteiger partial charge in [0.2, 0.25) is 5.90 Å². The van der Waals surface area contributed by atoms with Gasteiger partial charge in [0.15, 0.2) is 5.82 Å². The maximum Gasteiger partial charge on any atom is 0.238 e. The lowest BCUT2D eigenvalue weighted by molar-refractivity contribution is 0.112. The summed E-state index contributed by atoms with van der Waals surface area (Å²) in [6.07, 6.45) is 2.31. The Bertz CT molecular complexity index is 1280. The van der Waals surface area contributed by atoms with E-state index in [2.05, 4.69) is 20.5 Å². The molecule has 2 aromatic carbocycles. The van der Waals surface area contributed by atoms with Crippen molar-refractivity contribution in [3.8, 4) is 16.2 Å². The van der Waals surface area contributed by atoms with Crippen LogP contribution in [-0.4, -0.2) is 35.9 Å². The van der Waals surface area contributed by atoms with Gasteiger partial charge in [-0.3, -0.25) is 10.2 Å². The molecule has 0 saturated carbocycles. The summed E-state index contributed by atoms with van der Waals surface area (Å²) in [5.74, 6) is 1.80. The summed E-state index contributed by atoms with van der Waals surface area (Å²) in [5.41, 5.74) is 7.29. The third-order valence-electron chi connectivity index (χ3n) is 4.89. The largest absolute Gasteiger partial charge is 0.493 e. The molecule has 2 aromatic heterocycles. The van der Waals surface area contributed by atoms with Gasteiger partial charge in [-0.25, -0.2) is 9.97 Å². The summed E-state index contributed by atoms with van der Waals surface area (Å²) in [6.45, 7) is 4.61. The Labute approximate surface area is 189 Å². The molecule has 0 spiro atoms. The summed E-state index contributed by atoms with van der Waals surface area (Å²) in [6, 6.07) is 15.0. The molecule has 8 heteroatoms. The molecule has 4 aromatic rings. The van der Waals surface area contributed by atoms with Gasteiger partial charge in [-0.1, -0.05) is 24.3 Å². The van der Waals surface area contributed by atoms with E-state index in [0.29, 0.717) is 23.9 Å². The third-order valence-corrected chi connectivity index (χ3v) is 6.21. The molecule has 7 nitrogen and oxygen atoms in total. The smallest absolute Gasteiger partial charge is 0.238 e. The number of anilines is 1. The van der Waals surface area contributed by atoms with Crippen molar-refractivity contribution in [1.82, 2.24) is 9.97 Å². The SMILES string of the molecule is CCOc1ccccc1-c1sc2c(NN=C(OC)c3ccc(C=O)cc3)ncnc2c1C. The Morgan fingerprint density at radius 3 is 2.66 bits per heavy atom. The average Bonchev–Trinajstić information content (AvgIpc) is 3.17. The Hall–Kier alpha value is -3.78. The van der Waals surface area contributed by atoms with Gasteiger partial charge >= 0.3 is 0 Å². The predicted molar refractivity (Wildman–Crippen MR) is 128 cm³/mol. The van der Waals surface area contributed by atoms with Crippen LogP contribution in [-0.2, 0) is 4.74 Å². The van der Waals surface area contributed by atoms with E-state index in [0.717, 1.165) is 43.8 Å². The Morgan fingerprint density at radius 2 is 1.94 bits per heavy atom. The number of carbonyl (C=O) groups excluding carboxylic acids is 1. The van der Waals surface area contributed by atoms with Crippen LogP contribution in [0.15, 0.2) is 60.0 Å². The number of carbonyl (C=O) groups is 1. The first-order valence-corrected chi connectivity index (χ1v) is 10.9. The number of rotatable bonds is 7. The second kappa shape index (κ2) is 9.57. The van der Waals surface area contributed by atoms with Crippen LogP contribution < -0.4 is 10.2 Å². The molecule has 32 heavy (non-hydrogen) atoms. The fourth-order valence-electron chi connectivity index (χ4n) is 3.33. The van der Waals surface area contributed by atoms with Crippen molar-refractivity contribution in [2.75, 3.05) is 19.1 Å². The number of nitrogens with zero attached hydrogens (tertiary/aromatic N) is 3. The van der Waals surface area contributed by atoms with Gasteiger partial charge in [-0.15, -0.1) is 16.4 Å². The minimum Gasteiger partial charge on any atom is -0.493 e. The molecule has 2 heterocycles. The molecule has 0 aliphatic heterocycles. The number of fused-ring (bicyclic) bond motifs is 1. The number of hydrazone groups is 1. The number of thiophene rings is 1. The zero-order chi connectivity index (χ0) is 22.5. The lowest BCUT2D eigenvalue weighted by Gasteiger charge is -2.09. The van der Waals surface area contributed by atoms with E-state index in [1.54, 1.807) is 42.7 Å². The number of para-hydroxylation sites is 1. The van der Waals surface area contributed by atoms with Crippen LogP contribution in [0.4, 0.5) is 5.82 Å². The molecule has 0 bridgehead atoms. The summed E-state index contributed by atoms with van der Waals surface area (Å²) in [4.78, 5) is 20.8. The molecule has 0 aliphatic rings. The normalized spacial score (nSPS) is 11.4. The fourth-order valence-corrected chi connectivity index (χ4v) is 4.56. The van der Waals surface area contributed by atoms with Gasteiger partial charge in [0.05, 0.1) is 23.9 Å². The average molecular weight is 447 g/mol. The number of aldehydes is 1. The van der Waals surface area contributed by atoms with E-state index in [4.69, 9.17) is 9.47 Å². The lowest BCUT2D eigenvalue weighted by atomic mass is 10.1. The monoisotopic (exact) mass is 446 g/mol. The van der Waals surface area contributed by atoms with Gasteiger partial charge in [0.25, 0.3) is 0 Å². The maximum absolute atomic E-state index is 10.9. The van der Waals surface area contributed by atoms with Gasteiger partial charge in [0.1, 0.15) is 18.4 Å². The van der Waals surface area contributed by atoms with Crippen LogP contribution in [0.1, 0.15) is 28.4 Å². The zero-order valence-electron chi connectivity index (χ0n) is 18.0. The number of methoxy groups -OCH3 is 1. The van der Waals surface area contributed by atoms with E-state index < -0.39 is 0 Å². The van der Waals surface area contributed by atoms with Crippen molar-refractivity contribution in [2.45, 2.75) is 13.8 Å². The molecule has 0 atom stereocenters. The summed E-state index contributed by atoms with van der Waals surface area (Å²) >= 11 is 1.59. The van der Waals surface area contributed by atoms with Crippen LogP contribution in [0, 0.1) is 6.92 Å². The van der Waals surface area contributed by atoms with Gasteiger partial charge in [-0.2, -0.15) is 0 Å². The van der Waals surface area contributed by atoms with Crippen molar-refractivity contribution in [3.05, 3.63) is 71.5 Å². The number of nitrogens with one attached hydrogen (secondary N) is 1. The Kier molecular flexibility index (Phi) is 6.42.